The van der Waals surface area contributed by atoms with E-state index in [9.17, 15) is 15.2 Å². The normalized spacial score (nSPS) is 15.9. The predicted molar refractivity (Wildman–Crippen MR) is 79.1 cm³/mol. The smallest absolute Gasteiger partial charge is 0.272 e. The highest BCUT2D eigenvalue weighted by atomic mass is 16.6. The van der Waals surface area contributed by atoms with Crippen molar-refractivity contribution in [2.45, 2.75) is 32.4 Å². The molecule has 5 heteroatoms. The minimum atomic E-state index is -0.377. The van der Waals surface area contributed by atoms with Gasteiger partial charge in [-0.05, 0) is 42.9 Å². The van der Waals surface area contributed by atoms with Gasteiger partial charge in [0.1, 0.15) is 0 Å². The van der Waals surface area contributed by atoms with E-state index < -0.39 is 0 Å². The third-order valence-electron chi connectivity index (χ3n) is 4.15. The average Bonchev–Trinajstić information content (AvgIpc) is 3.20. The standard InChI is InChI=1S/C16H18N2O3/c1-11-13(3-2-4-15(11)18(20)21)9-17-8-7-14(10-17)16(19)12-5-6-12/h2-4,7-8,10,12,16,19H,5-6,9H2,1H3. The molecule has 3 rings (SSSR count). The summed E-state index contributed by atoms with van der Waals surface area (Å²) in [5.41, 5.74) is 2.70. The van der Waals surface area contributed by atoms with Gasteiger partial charge in [-0.25, -0.2) is 0 Å². The van der Waals surface area contributed by atoms with Crippen molar-refractivity contribution >= 4 is 5.69 Å². The van der Waals surface area contributed by atoms with Gasteiger partial charge in [-0.3, -0.25) is 10.1 Å². The van der Waals surface area contributed by atoms with Crippen LogP contribution in [-0.2, 0) is 6.54 Å². The van der Waals surface area contributed by atoms with E-state index in [4.69, 9.17) is 0 Å². The first-order valence-electron chi connectivity index (χ1n) is 7.13. The van der Waals surface area contributed by atoms with Crippen LogP contribution in [-0.4, -0.2) is 14.6 Å². The Labute approximate surface area is 123 Å². The van der Waals surface area contributed by atoms with Crippen molar-refractivity contribution in [3.63, 3.8) is 0 Å². The summed E-state index contributed by atoms with van der Waals surface area (Å²) < 4.78 is 1.97. The maximum Gasteiger partial charge on any atom is 0.272 e. The summed E-state index contributed by atoms with van der Waals surface area (Å²) in [4.78, 5) is 10.6. The fourth-order valence-electron chi connectivity index (χ4n) is 2.65. The van der Waals surface area contributed by atoms with Crippen LogP contribution in [0.2, 0.25) is 0 Å². The van der Waals surface area contributed by atoms with E-state index in [2.05, 4.69) is 0 Å². The molecule has 0 aliphatic heterocycles. The van der Waals surface area contributed by atoms with Crippen LogP contribution in [0.4, 0.5) is 5.69 Å². The number of hydrogen-bond donors (Lipinski definition) is 1. The zero-order chi connectivity index (χ0) is 15.0. The number of aromatic nitrogens is 1. The molecule has 0 bridgehead atoms. The molecule has 1 aliphatic carbocycles. The summed E-state index contributed by atoms with van der Waals surface area (Å²) >= 11 is 0. The van der Waals surface area contributed by atoms with Crippen LogP contribution in [0.25, 0.3) is 0 Å². The second-order valence-electron chi connectivity index (χ2n) is 5.72. The third-order valence-corrected chi connectivity index (χ3v) is 4.15. The molecule has 0 radical (unpaired) electrons. The van der Waals surface area contributed by atoms with Crippen molar-refractivity contribution in [1.29, 1.82) is 0 Å². The molecule has 1 aliphatic rings. The Hall–Kier alpha value is -2.14. The van der Waals surface area contributed by atoms with Crippen molar-refractivity contribution in [3.8, 4) is 0 Å². The van der Waals surface area contributed by atoms with Crippen molar-refractivity contribution in [2.75, 3.05) is 0 Å². The summed E-state index contributed by atoms with van der Waals surface area (Å²) in [5, 5.41) is 21.1. The molecule has 1 N–H and O–H groups in total. The molecule has 1 aromatic carbocycles. The molecule has 1 saturated carbocycles. The summed E-state index contributed by atoms with van der Waals surface area (Å²) in [5.74, 6) is 0.403. The van der Waals surface area contributed by atoms with Gasteiger partial charge >= 0.3 is 0 Å². The van der Waals surface area contributed by atoms with Crippen LogP contribution >= 0.6 is 0 Å². The number of aliphatic hydroxyl groups excluding tert-OH is 1. The number of rotatable bonds is 5. The van der Waals surface area contributed by atoms with E-state index in [1.807, 2.05) is 29.1 Å². The largest absolute Gasteiger partial charge is 0.388 e. The molecule has 1 aromatic heterocycles. The van der Waals surface area contributed by atoms with Gasteiger partial charge in [0.25, 0.3) is 5.69 Å². The number of nitro benzene ring substituents is 1. The lowest BCUT2D eigenvalue weighted by molar-refractivity contribution is -0.385. The topological polar surface area (TPSA) is 68.3 Å². The van der Waals surface area contributed by atoms with Crippen molar-refractivity contribution in [2.24, 2.45) is 5.92 Å². The Balaban J connectivity index is 1.80. The second-order valence-corrected chi connectivity index (χ2v) is 5.72. The second kappa shape index (κ2) is 5.33. The molecule has 1 heterocycles. The van der Waals surface area contributed by atoms with Gasteiger partial charge in [0.05, 0.1) is 11.0 Å². The van der Waals surface area contributed by atoms with Crippen LogP contribution < -0.4 is 0 Å². The highest BCUT2D eigenvalue weighted by Gasteiger charge is 2.31. The van der Waals surface area contributed by atoms with E-state index >= 15 is 0 Å². The van der Waals surface area contributed by atoms with E-state index in [0.29, 0.717) is 18.0 Å². The van der Waals surface area contributed by atoms with Gasteiger partial charge < -0.3 is 9.67 Å². The van der Waals surface area contributed by atoms with Crippen molar-refractivity contribution in [1.82, 2.24) is 4.57 Å². The fourth-order valence-corrected chi connectivity index (χ4v) is 2.65. The first-order chi connectivity index (χ1) is 10.1. The highest BCUT2D eigenvalue weighted by molar-refractivity contribution is 5.44. The summed E-state index contributed by atoms with van der Waals surface area (Å²) in [6.45, 7) is 2.35. The Morgan fingerprint density at radius 2 is 2.19 bits per heavy atom. The number of nitro groups is 1. The molecule has 1 atom stereocenters. The van der Waals surface area contributed by atoms with E-state index in [1.54, 1.807) is 13.0 Å². The van der Waals surface area contributed by atoms with Crippen LogP contribution in [0.5, 0.6) is 0 Å². The summed E-state index contributed by atoms with van der Waals surface area (Å²) in [7, 11) is 0. The molecule has 1 unspecified atom stereocenters. The molecule has 2 aromatic rings. The van der Waals surface area contributed by atoms with Crippen LogP contribution in [0.1, 0.15) is 35.6 Å². The van der Waals surface area contributed by atoms with Crippen LogP contribution in [0.3, 0.4) is 0 Å². The molecule has 21 heavy (non-hydrogen) atoms. The molecule has 5 nitrogen and oxygen atoms in total. The SMILES string of the molecule is Cc1c(Cn2ccc(C(O)C3CC3)c2)cccc1[N+](=O)[O-]. The molecular formula is C16H18N2O3. The molecule has 0 saturated heterocycles. The van der Waals surface area contributed by atoms with Crippen molar-refractivity contribution < 1.29 is 10.0 Å². The maximum absolute atomic E-state index is 11.0. The lowest BCUT2D eigenvalue weighted by Crippen LogP contribution is -2.02. The molecular weight excluding hydrogens is 268 g/mol. The van der Waals surface area contributed by atoms with Gasteiger partial charge in [0, 0.05) is 30.6 Å². The average molecular weight is 286 g/mol. The minimum absolute atomic E-state index is 0.151. The Morgan fingerprint density at radius 1 is 1.43 bits per heavy atom. The molecule has 0 amide bonds. The molecule has 1 fully saturated rings. The maximum atomic E-state index is 11.0. The van der Waals surface area contributed by atoms with E-state index in [0.717, 1.165) is 24.0 Å². The van der Waals surface area contributed by atoms with Gasteiger partial charge in [-0.1, -0.05) is 12.1 Å². The Bertz CT molecular complexity index is 674. The molecule has 110 valence electrons. The first kappa shape index (κ1) is 13.8. The van der Waals surface area contributed by atoms with Crippen molar-refractivity contribution in [3.05, 3.63) is 63.5 Å². The summed E-state index contributed by atoms with van der Waals surface area (Å²) in [6.07, 6.45) is 5.66. The van der Waals surface area contributed by atoms with E-state index in [1.165, 1.54) is 6.07 Å². The fraction of sp³-hybridized carbons (Fsp3) is 0.375. The van der Waals surface area contributed by atoms with E-state index in [-0.39, 0.29) is 16.7 Å². The third kappa shape index (κ3) is 2.83. The van der Waals surface area contributed by atoms with Crippen LogP contribution in [0.15, 0.2) is 36.7 Å². The lowest BCUT2D eigenvalue weighted by Gasteiger charge is -2.08. The molecule has 0 spiro atoms. The van der Waals surface area contributed by atoms with Crippen LogP contribution in [0, 0.1) is 23.0 Å². The number of nitrogens with zero attached hydrogens (tertiary/aromatic N) is 2. The minimum Gasteiger partial charge on any atom is -0.388 e. The zero-order valence-electron chi connectivity index (χ0n) is 11.9. The van der Waals surface area contributed by atoms with Gasteiger partial charge in [-0.15, -0.1) is 0 Å². The highest BCUT2D eigenvalue weighted by Crippen LogP contribution is 2.40. The zero-order valence-corrected chi connectivity index (χ0v) is 11.9. The summed E-state index contributed by atoms with van der Waals surface area (Å²) in [6, 6.07) is 7.07. The quantitative estimate of drug-likeness (QED) is 0.678. The lowest BCUT2D eigenvalue weighted by atomic mass is 10.1. The van der Waals surface area contributed by atoms with Gasteiger partial charge in [-0.2, -0.15) is 0 Å². The first-order valence-corrected chi connectivity index (χ1v) is 7.13. The number of benzene rings is 1. The monoisotopic (exact) mass is 286 g/mol. The Morgan fingerprint density at radius 3 is 2.86 bits per heavy atom. The number of aliphatic hydroxyl groups is 1. The Kier molecular flexibility index (Phi) is 3.51. The van der Waals surface area contributed by atoms with Gasteiger partial charge in [0.2, 0.25) is 0 Å². The predicted octanol–water partition coefficient (Wildman–Crippen LogP) is 3.20. The number of hydrogen-bond acceptors (Lipinski definition) is 3. The van der Waals surface area contributed by atoms with Gasteiger partial charge in [0.15, 0.2) is 0 Å².